The number of carbonyl (C=O) groups excluding carboxylic acids is 1. The average molecular weight is 260 g/mol. The minimum atomic E-state index is 0.247. The standard InChI is InChI=1S/C14H20N4O/c19-14(11-3-1-4-11)17-12-5-2-8-18(10-12)13-9-15-6-7-16-13/h6-7,9,11-12H,1-5,8,10H2,(H,17,19). The molecule has 2 fully saturated rings. The van der Waals surface area contributed by atoms with Crippen LogP contribution in [0.5, 0.6) is 0 Å². The summed E-state index contributed by atoms with van der Waals surface area (Å²) in [7, 11) is 0. The zero-order valence-corrected chi connectivity index (χ0v) is 11.1. The molecule has 19 heavy (non-hydrogen) atoms. The second-order valence-corrected chi connectivity index (χ2v) is 5.49. The Morgan fingerprint density at radius 2 is 2.16 bits per heavy atom. The van der Waals surface area contributed by atoms with Crippen LogP contribution in [0.1, 0.15) is 32.1 Å². The fourth-order valence-electron chi connectivity index (χ4n) is 2.75. The van der Waals surface area contributed by atoms with Gasteiger partial charge in [0.1, 0.15) is 5.82 Å². The molecule has 2 heterocycles. The molecule has 0 radical (unpaired) electrons. The zero-order chi connectivity index (χ0) is 13.1. The first-order valence-electron chi connectivity index (χ1n) is 7.14. The first-order chi connectivity index (χ1) is 9.33. The molecule has 1 unspecified atom stereocenters. The Morgan fingerprint density at radius 1 is 1.26 bits per heavy atom. The number of hydrogen-bond donors (Lipinski definition) is 1. The molecule has 1 aliphatic carbocycles. The van der Waals surface area contributed by atoms with Crippen molar-refractivity contribution in [1.82, 2.24) is 15.3 Å². The van der Waals surface area contributed by atoms with Crippen molar-refractivity contribution >= 4 is 11.7 Å². The van der Waals surface area contributed by atoms with E-state index in [0.717, 1.165) is 44.6 Å². The lowest BCUT2D eigenvalue weighted by Gasteiger charge is -2.35. The minimum Gasteiger partial charge on any atom is -0.353 e. The summed E-state index contributed by atoms with van der Waals surface area (Å²) in [6.07, 6.45) is 10.7. The summed E-state index contributed by atoms with van der Waals surface area (Å²) in [6, 6.07) is 0.254. The van der Waals surface area contributed by atoms with E-state index in [9.17, 15) is 4.79 Å². The lowest BCUT2D eigenvalue weighted by Crippen LogP contribution is -2.50. The maximum absolute atomic E-state index is 12.0. The van der Waals surface area contributed by atoms with Gasteiger partial charge in [0.05, 0.1) is 6.20 Å². The molecule has 5 heteroatoms. The van der Waals surface area contributed by atoms with Crippen LogP contribution < -0.4 is 10.2 Å². The molecule has 5 nitrogen and oxygen atoms in total. The number of hydrogen-bond acceptors (Lipinski definition) is 4. The van der Waals surface area contributed by atoms with E-state index in [-0.39, 0.29) is 17.9 Å². The van der Waals surface area contributed by atoms with Gasteiger partial charge in [-0.1, -0.05) is 6.42 Å². The maximum Gasteiger partial charge on any atom is 0.223 e. The molecule has 1 aliphatic heterocycles. The molecule has 1 aromatic heterocycles. The van der Waals surface area contributed by atoms with Gasteiger partial charge in [-0.2, -0.15) is 0 Å². The van der Waals surface area contributed by atoms with Crippen LogP contribution in [0.4, 0.5) is 5.82 Å². The van der Waals surface area contributed by atoms with E-state index in [2.05, 4.69) is 20.2 Å². The van der Waals surface area contributed by atoms with E-state index in [0.29, 0.717) is 0 Å². The van der Waals surface area contributed by atoms with Crippen molar-refractivity contribution in [3.63, 3.8) is 0 Å². The Bertz CT molecular complexity index is 432. The topological polar surface area (TPSA) is 58.1 Å². The van der Waals surface area contributed by atoms with E-state index in [1.165, 1.54) is 6.42 Å². The SMILES string of the molecule is O=C(NC1CCCN(c2cnccn2)C1)C1CCC1. The predicted octanol–water partition coefficient (Wildman–Crippen LogP) is 1.36. The molecule has 2 aliphatic rings. The van der Waals surface area contributed by atoms with Crippen LogP contribution in [0.25, 0.3) is 0 Å². The number of rotatable bonds is 3. The van der Waals surface area contributed by atoms with E-state index in [1.54, 1.807) is 18.6 Å². The van der Waals surface area contributed by atoms with Crippen molar-refractivity contribution in [2.24, 2.45) is 5.92 Å². The molecule has 0 aromatic carbocycles. The number of nitrogens with zero attached hydrogens (tertiary/aromatic N) is 3. The first-order valence-corrected chi connectivity index (χ1v) is 7.14. The molecular weight excluding hydrogens is 240 g/mol. The number of nitrogens with one attached hydrogen (secondary N) is 1. The third-order valence-corrected chi connectivity index (χ3v) is 4.12. The first kappa shape index (κ1) is 12.4. The Labute approximate surface area is 113 Å². The van der Waals surface area contributed by atoms with Crippen LogP contribution in [0, 0.1) is 5.92 Å². The van der Waals surface area contributed by atoms with Gasteiger partial charge >= 0.3 is 0 Å². The Kier molecular flexibility index (Phi) is 3.62. The third-order valence-electron chi connectivity index (χ3n) is 4.12. The molecule has 1 N–H and O–H groups in total. The third kappa shape index (κ3) is 2.85. The average Bonchev–Trinajstić information content (AvgIpc) is 2.38. The van der Waals surface area contributed by atoms with E-state index in [4.69, 9.17) is 0 Å². The highest BCUT2D eigenvalue weighted by atomic mass is 16.2. The van der Waals surface area contributed by atoms with Crippen molar-refractivity contribution in [1.29, 1.82) is 0 Å². The lowest BCUT2D eigenvalue weighted by molar-refractivity contribution is -0.128. The van der Waals surface area contributed by atoms with Gasteiger partial charge in [-0.25, -0.2) is 4.98 Å². The lowest BCUT2D eigenvalue weighted by atomic mass is 9.84. The summed E-state index contributed by atoms with van der Waals surface area (Å²) in [6.45, 7) is 1.84. The monoisotopic (exact) mass is 260 g/mol. The highest BCUT2D eigenvalue weighted by Crippen LogP contribution is 2.27. The number of carbonyl (C=O) groups is 1. The molecule has 1 saturated heterocycles. The fourth-order valence-corrected chi connectivity index (χ4v) is 2.75. The normalized spacial score (nSPS) is 23.8. The van der Waals surface area contributed by atoms with E-state index < -0.39 is 0 Å². The largest absolute Gasteiger partial charge is 0.353 e. The molecule has 1 saturated carbocycles. The zero-order valence-electron chi connectivity index (χ0n) is 11.1. The van der Waals surface area contributed by atoms with Gasteiger partial charge in [0.2, 0.25) is 5.91 Å². The van der Waals surface area contributed by atoms with Crippen molar-refractivity contribution in [3.05, 3.63) is 18.6 Å². The summed E-state index contributed by atoms with van der Waals surface area (Å²) >= 11 is 0. The van der Waals surface area contributed by atoms with Gasteiger partial charge in [0.25, 0.3) is 0 Å². The van der Waals surface area contributed by atoms with Crippen LogP contribution in [0.3, 0.4) is 0 Å². The number of amides is 1. The Balaban J connectivity index is 1.57. The van der Waals surface area contributed by atoms with Gasteiger partial charge in [0.15, 0.2) is 0 Å². The fraction of sp³-hybridized carbons (Fsp3) is 0.643. The van der Waals surface area contributed by atoms with Gasteiger partial charge in [0, 0.05) is 37.4 Å². The van der Waals surface area contributed by atoms with Gasteiger partial charge < -0.3 is 10.2 Å². The summed E-state index contributed by atoms with van der Waals surface area (Å²) in [5, 5.41) is 3.19. The van der Waals surface area contributed by atoms with Crippen molar-refractivity contribution in [3.8, 4) is 0 Å². The van der Waals surface area contributed by atoms with Crippen molar-refractivity contribution < 1.29 is 4.79 Å². The van der Waals surface area contributed by atoms with Crippen LogP contribution in [0.2, 0.25) is 0 Å². The summed E-state index contributed by atoms with van der Waals surface area (Å²) in [4.78, 5) is 22.6. The predicted molar refractivity (Wildman–Crippen MR) is 72.8 cm³/mol. The molecule has 0 spiro atoms. The second kappa shape index (κ2) is 5.55. The van der Waals surface area contributed by atoms with E-state index in [1.807, 2.05) is 0 Å². The molecule has 1 aromatic rings. The Morgan fingerprint density at radius 3 is 2.84 bits per heavy atom. The molecule has 0 bridgehead atoms. The maximum atomic E-state index is 12.0. The van der Waals surface area contributed by atoms with Gasteiger partial charge in [-0.05, 0) is 25.7 Å². The van der Waals surface area contributed by atoms with Crippen LogP contribution >= 0.6 is 0 Å². The van der Waals surface area contributed by atoms with Crippen LogP contribution in [-0.4, -0.2) is 35.0 Å². The highest BCUT2D eigenvalue weighted by Gasteiger charge is 2.28. The van der Waals surface area contributed by atoms with Gasteiger partial charge in [-0.15, -0.1) is 0 Å². The van der Waals surface area contributed by atoms with Crippen molar-refractivity contribution in [2.45, 2.75) is 38.1 Å². The van der Waals surface area contributed by atoms with Gasteiger partial charge in [-0.3, -0.25) is 9.78 Å². The molecule has 1 amide bonds. The summed E-state index contributed by atoms with van der Waals surface area (Å²) in [5.74, 6) is 1.43. The van der Waals surface area contributed by atoms with Crippen molar-refractivity contribution in [2.75, 3.05) is 18.0 Å². The second-order valence-electron chi connectivity index (χ2n) is 5.49. The van der Waals surface area contributed by atoms with E-state index >= 15 is 0 Å². The molecule has 1 atom stereocenters. The summed E-state index contributed by atoms with van der Waals surface area (Å²) in [5.41, 5.74) is 0. The smallest absolute Gasteiger partial charge is 0.223 e. The highest BCUT2D eigenvalue weighted by molar-refractivity contribution is 5.79. The quantitative estimate of drug-likeness (QED) is 0.891. The number of aromatic nitrogens is 2. The number of anilines is 1. The van der Waals surface area contributed by atoms with Crippen LogP contribution in [-0.2, 0) is 4.79 Å². The molecule has 3 rings (SSSR count). The molecular formula is C14H20N4O. The summed E-state index contributed by atoms with van der Waals surface area (Å²) < 4.78 is 0. The molecule has 102 valence electrons. The van der Waals surface area contributed by atoms with Crippen LogP contribution in [0.15, 0.2) is 18.6 Å². The number of piperidine rings is 1. The Hall–Kier alpha value is -1.65. The minimum absolute atomic E-state index is 0.247.